The van der Waals surface area contributed by atoms with Crippen LogP contribution in [0.15, 0.2) is 11.1 Å². The van der Waals surface area contributed by atoms with Gasteiger partial charge in [-0.3, -0.25) is 4.79 Å². The average Bonchev–Trinajstić information content (AvgIpc) is 2.66. The van der Waals surface area contributed by atoms with Crippen LogP contribution in [-0.2, 0) is 4.74 Å². The largest absolute Gasteiger partial charge is 0.391 e. The molecule has 0 aromatic carbocycles. The number of hydrogen-bond donors (Lipinski definition) is 3. The molecule has 0 saturated carbocycles. The molecule has 1 saturated heterocycles. The third kappa shape index (κ3) is 1.69. The number of nitrogens with one attached hydrogen (secondary N) is 2. The van der Waals surface area contributed by atoms with Crippen molar-refractivity contribution in [1.82, 2.24) is 9.97 Å². The molecule has 0 radical (unpaired) electrons. The number of rotatable bonds is 2. The number of anilines is 2. The molecule has 1 unspecified atom stereocenters. The molecule has 4 N–H and O–H groups in total. The normalized spacial score (nSPS) is 21.0. The Hall–Kier alpha value is -1.56. The highest BCUT2D eigenvalue weighted by Gasteiger charge is 2.17. The molecule has 1 atom stereocenters. The van der Waals surface area contributed by atoms with E-state index in [1.165, 1.54) is 6.33 Å². The molecule has 0 bridgehead atoms. The number of aromatic amines is 1. The van der Waals surface area contributed by atoms with E-state index < -0.39 is 0 Å². The smallest absolute Gasteiger partial charge is 0.276 e. The third-order valence-corrected chi connectivity index (χ3v) is 2.16. The molecule has 0 aliphatic carbocycles. The lowest BCUT2D eigenvalue weighted by molar-refractivity contribution is 0.195. The predicted molar refractivity (Wildman–Crippen MR) is 52.1 cm³/mol. The molecule has 14 heavy (non-hydrogen) atoms. The highest BCUT2D eigenvalue weighted by atomic mass is 16.5. The summed E-state index contributed by atoms with van der Waals surface area (Å²) in [6.07, 6.45) is 2.24. The zero-order valence-electron chi connectivity index (χ0n) is 7.62. The Morgan fingerprint density at radius 2 is 2.57 bits per heavy atom. The molecule has 1 aromatic heterocycles. The van der Waals surface area contributed by atoms with Gasteiger partial charge in [0.1, 0.15) is 5.69 Å². The van der Waals surface area contributed by atoms with Crippen LogP contribution in [0.4, 0.5) is 11.5 Å². The van der Waals surface area contributed by atoms with Crippen LogP contribution in [0.5, 0.6) is 0 Å². The van der Waals surface area contributed by atoms with Gasteiger partial charge in [-0.1, -0.05) is 0 Å². The van der Waals surface area contributed by atoms with Crippen molar-refractivity contribution >= 4 is 11.5 Å². The minimum Gasteiger partial charge on any atom is -0.391 e. The minimum atomic E-state index is -0.318. The van der Waals surface area contributed by atoms with Crippen LogP contribution in [0.2, 0.25) is 0 Å². The first-order chi connectivity index (χ1) is 6.77. The van der Waals surface area contributed by atoms with Gasteiger partial charge in [-0.25, -0.2) is 4.98 Å². The standard InChI is InChI=1S/C8H12N4O2/c9-6-7(10-4-11-8(6)13)12-5-1-2-14-3-5/h4-5H,1-3,9H2,(H2,10,11,12,13). The molecule has 1 aromatic rings. The van der Waals surface area contributed by atoms with Crippen molar-refractivity contribution in [2.24, 2.45) is 0 Å². The third-order valence-electron chi connectivity index (χ3n) is 2.16. The summed E-state index contributed by atoms with van der Waals surface area (Å²) < 4.78 is 5.18. The fourth-order valence-electron chi connectivity index (χ4n) is 1.37. The van der Waals surface area contributed by atoms with Gasteiger partial charge in [0, 0.05) is 6.61 Å². The number of ether oxygens (including phenoxy) is 1. The Labute approximate surface area is 80.5 Å². The topological polar surface area (TPSA) is 93.0 Å². The number of aromatic nitrogens is 2. The molecular formula is C8H12N4O2. The van der Waals surface area contributed by atoms with Gasteiger partial charge in [0.25, 0.3) is 5.56 Å². The Morgan fingerprint density at radius 1 is 1.71 bits per heavy atom. The van der Waals surface area contributed by atoms with Crippen LogP contribution in [0, 0.1) is 0 Å². The van der Waals surface area contributed by atoms with Gasteiger partial charge in [0.2, 0.25) is 0 Å². The first kappa shape index (κ1) is 9.01. The monoisotopic (exact) mass is 196 g/mol. The predicted octanol–water partition coefficient (Wildman–Crippen LogP) is -0.447. The summed E-state index contributed by atoms with van der Waals surface area (Å²) in [5.74, 6) is 0.434. The molecule has 76 valence electrons. The second-order valence-corrected chi connectivity index (χ2v) is 3.20. The van der Waals surface area contributed by atoms with E-state index in [-0.39, 0.29) is 17.3 Å². The lowest BCUT2D eigenvalue weighted by atomic mass is 10.2. The van der Waals surface area contributed by atoms with Crippen molar-refractivity contribution in [2.45, 2.75) is 12.5 Å². The van der Waals surface area contributed by atoms with Gasteiger partial charge >= 0.3 is 0 Å². The van der Waals surface area contributed by atoms with Crippen LogP contribution in [0.3, 0.4) is 0 Å². The van der Waals surface area contributed by atoms with Gasteiger partial charge in [0.05, 0.1) is 19.0 Å². The van der Waals surface area contributed by atoms with E-state index in [4.69, 9.17) is 10.5 Å². The Bertz CT molecular complexity index is 370. The van der Waals surface area contributed by atoms with E-state index in [9.17, 15) is 4.79 Å². The average molecular weight is 196 g/mol. The number of nitrogens with zero attached hydrogens (tertiary/aromatic N) is 1. The molecule has 0 spiro atoms. The van der Waals surface area contributed by atoms with Crippen molar-refractivity contribution in [2.75, 3.05) is 24.3 Å². The molecule has 2 heterocycles. The molecule has 6 heteroatoms. The minimum absolute atomic E-state index is 0.124. The molecule has 1 fully saturated rings. The van der Waals surface area contributed by atoms with E-state index in [2.05, 4.69) is 15.3 Å². The van der Waals surface area contributed by atoms with E-state index in [1.54, 1.807) is 0 Å². The zero-order chi connectivity index (χ0) is 9.97. The molecular weight excluding hydrogens is 184 g/mol. The molecule has 6 nitrogen and oxygen atoms in total. The van der Waals surface area contributed by atoms with Crippen LogP contribution in [0.1, 0.15) is 6.42 Å². The van der Waals surface area contributed by atoms with E-state index in [1.807, 2.05) is 0 Å². The number of nitrogen functional groups attached to an aromatic ring is 1. The van der Waals surface area contributed by atoms with Crippen molar-refractivity contribution in [3.05, 3.63) is 16.7 Å². The molecule has 0 amide bonds. The van der Waals surface area contributed by atoms with Crippen LogP contribution in [-0.4, -0.2) is 29.2 Å². The van der Waals surface area contributed by atoms with Gasteiger partial charge < -0.3 is 20.8 Å². The summed E-state index contributed by atoms with van der Waals surface area (Å²) in [5, 5.41) is 3.07. The summed E-state index contributed by atoms with van der Waals surface area (Å²) in [5.41, 5.74) is 5.36. The number of hydrogen-bond acceptors (Lipinski definition) is 5. The number of H-pyrrole nitrogens is 1. The summed E-state index contributed by atoms with van der Waals surface area (Å²) in [7, 11) is 0. The number of nitrogens with two attached hydrogens (primary N) is 1. The van der Waals surface area contributed by atoms with Crippen molar-refractivity contribution in [3.63, 3.8) is 0 Å². The van der Waals surface area contributed by atoms with E-state index in [0.717, 1.165) is 13.0 Å². The van der Waals surface area contributed by atoms with Crippen LogP contribution < -0.4 is 16.6 Å². The summed E-state index contributed by atoms with van der Waals surface area (Å²) in [6, 6.07) is 0.201. The Kier molecular flexibility index (Phi) is 2.36. The van der Waals surface area contributed by atoms with Gasteiger partial charge in [0.15, 0.2) is 5.82 Å². The fourth-order valence-corrected chi connectivity index (χ4v) is 1.37. The summed E-state index contributed by atoms with van der Waals surface area (Å²) in [6.45, 7) is 1.37. The van der Waals surface area contributed by atoms with Gasteiger partial charge in [-0.2, -0.15) is 0 Å². The van der Waals surface area contributed by atoms with Crippen molar-refractivity contribution in [1.29, 1.82) is 0 Å². The van der Waals surface area contributed by atoms with Gasteiger partial charge in [-0.15, -0.1) is 0 Å². The molecule has 1 aliphatic heterocycles. The highest BCUT2D eigenvalue weighted by molar-refractivity contribution is 5.59. The highest BCUT2D eigenvalue weighted by Crippen LogP contribution is 2.13. The Morgan fingerprint density at radius 3 is 3.29 bits per heavy atom. The van der Waals surface area contributed by atoms with Crippen molar-refractivity contribution < 1.29 is 4.74 Å². The lowest BCUT2D eigenvalue weighted by Crippen LogP contribution is -2.23. The maximum atomic E-state index is 11.1. The SMILES string of the molecule is Nc1c(NC2CCOC2)nc[nH]c1=O. The lowest BCUT2D eigenvalue weighted by Gasteiger charge is -2.11. The van der Waals surface area contributed by atoms with E-state index >= 15 is 0 Å². The summed E-state index contributed by atoms with van der Waals surface area (Å²) >= 11 is 0. The quantitative estimate of drug-likeness (QED) is 0.596. The van der Waals surface area contributed by atoms with Crippen molar-refractivity contribution in [3.8, 4) is 0 Å². The maximum absolute atomic E-state index is 11.1. The van der Waals surface area contributed by atoms with Gasteiger partial charge in [-0.05, 0) is 6.42 Å². The molecule has 1 aliphatic rings. The van der Waals surface area contributed by atoms with Crippen LogP contribution in [0.25, 0.3) is 0 Å². The first-order valence-corrected chi connectivity index (χ1v) is 4.45. The second-order valence-electron chi connectivity index (χ2n) is 3.20. The van der Waals surface area contributed by atoms with Crippen LogP contribution >= 0.6 is 0 Å². The first-order valence-electron chi connectivity index (χ1n) is 4.45. The van der Waals surface area contributed by atoms with E-state index in [0.29, 0.717) is 12.4 Å². The second kappa shape index (κ2) is 3.67. The Balaban J connectivity index is 2.15. The molecule has 2 rings (SSSR count). The zero-order valence-corrected chi connectivity index (χ0v) is 7.62. The fraction of sp³-hybridized carbons (Fsp3) is 0.500. The summed E-state index contributed by atoms with van der Waals surface area (Å²) in [4.78, 5) is 17.5. The maximum Gasteiger partial charge on any atom is 0.276 e.